The number of aryl methyl sites for hydroxylation is 1. The molecule has 0 aliphatic carbocycles. The zero-order valence-corrected chi connectivity index (χ0v) is 47.2. The molecule has 18 nitrogen and oxygen atoms in total. The van der Waals surface area contributed by atoms with E-state index in [1.54, 1.807) is 46.1 Å². The van der Waals surface area contributed by atoms with Crippen LogP contribution in [-0.4, -0.2) is 150 Å². The number of carbonyl (C=O) groups is 3. The van der Waals surface area contributed by atoms with Crippen LogP contribution in [0.2, 0.25) is 5.02 Å². The Morgan fingerprint density at radius 2 is 1.72 bits per heavy atom. The van der Waals surface area contributed by atoms with Gasteiger partial charge >= 0.3 is 6.01 Å². The Kier molecular flexibility index (Phi) is 17.1. The topological polar surface area (TPSA) is 217 Å². The molecule has 22 heteroatoms. The van der Waals surface area contributed by atoms with E-state index in [2.05, 4.69) is 27.9 Å². The third-order valence-corrected chi connectivity index (χ3v) is 16.5. The first-order chi connectivity index (χ1) is 39.8. The van der Waals surface area contributed by atoms with E-state index < -0.39 is 47.3 Å². The van der Waals surface area contributed by atoms with Crippen molar-refractivity contribution in [2.24, 2.45) is 13.0 Å². The molecule has 5 atom stereocenters. The number of halogens is 4. The molecule has 0 saturated carbocycles. The van der Waals surface area contributed by atoms with Gasteiger partial charge in [0.05, 0.1) is 41.4 Å². The number of amides is 2. The minimum absolute atomic E-state index is 0.00101. The molecule has 7 aromatic rings. The number of aromatic hydroxyl groups is 1. The number of piperidine rings is 1. The molecule has 3 aliphatic heterocycles. The lowest BCUT2D eigenvalue weighted by Gasteiger charge is -2.41. The van der Waals surface area contributed by atoms with Gasteiger partial charge in [0.2, 0.25) is 5.91 Å². The fourth-order valence-electron chi connectivity index (χ4n) is 11.7. The van der Waals surface area contributed by atoms with E-state index in [-0.39, 0.29) is 146 Å². The van der Waals surface area contributed by atoms with Crippen molar-refractivity contribution in [1.29, 1.82) is 5.26 Å². The highest BCUT2D eigenvalue weighted by atomic mass is 35.5. The molecule has 3 fully saturated rings. The van der Waals surface area contributed by atoms with Gasteiger partial charge in [-0.15, -0.1) is 0 Å². The standard InChI is InChI=1S/C61H64ClF3N10O8/c1-35(2)53(59(80)75-33-43(77)29-49(75)50(78)26-36(3)38-10-12-39(13-11-38)48-15-19-67-71(48)5)51-31-52(70-83-51)82-34-61(65)16-20-72(21-17-61)24-25-81-60-68-56-46(57(69-60)73-22-23-74(58(79)37(4)63)41(32-73)14-18-66)30-47(62)54(55(56)64)45-28-42(76)27-40-8-6-7-9-44(40)45/h6-13,15,19,27-28,30-31,35-36,41,43,49,53,76-77H,4,14,16-17,20-26,29,32-34H2,1-3,5H3/t36-,41+,43-,49+,53+/m1/s1. The van der Waals surface area contributed by atoms with Gasteiger partial charge in [-0.05, 0) is 81.6 Å². The fraction of sp³-hybridized carbons (Fsp3) is 0.410. The summed E-state index contributed by atoms with van der Waals surface area (Å²) in [5, 5.41) is 40.9. The molecule has 2 amide bonds. The van der Waals surface area contributed by atoms with Crippen LogP contribution >= 0.6 is 11.6 Å². The van der Waals surface area contributed by atoms with Gasteiger partial charge in [-0.3, -0.25) is 24.0 Å². The molecule has 0 bridgehead atoms. The number of hydrogen-bond acceptors (Lipinski definition) is 15. The van der Waals surface area contributed by atoms with E-state index >= 15 is 8.78 Å². The number of alkyl halides is 1. The number of β-amino-alcohol motifs (C(OH)–C–C–N with tert-alkyl or cyclic N) is 1. The zero-order chi connectivity index (χ0) is 58.9. The quantitative estimate of drug-likeness (QED) is 0.0721. The zero-order valence-electron chi connectivity index (χ0n) is 46.5. The molecule has 3 saturated heterocycles. The van der Waals surface area contributed by atoms with Crippen LogP contribution < -0.4 is 14.4 Å². The third kappa shape index (κ3) is 12.4. The number of phenols is 1. The van der Waals surface area contributed by atoms with E-state index in [1.807, 2.05) is 63.1 Å². The van der Waals surface area contributed by atoms with Gasteiger partial charge in [0, 0.05) is 88.9 Å². The predicted molar refractivity (Wildman–Crippen MR) is 305 cm³/mol. The first-order valence-electron chi connectivity index (χ1n) is 27.7. The Morgan fingerprint density at radius 3 is 2.43 bits per heavy atom. The number of hydrogen-bond donors (Lipinski definition) is 2. The lowest BCUT2D eigenvalue weighted by atomic mass is 9.89. The summed E-state index contributed by atoms with van der Waals surface area (Å²) in [6.07, 6.45) is 1.18. The van der Waals surface area contributed by atoms with Crippen molar-refractivity contribution in [3.8, 4) is 46.1 Å². The van der Waals surface area contributed by atoms with Gasteiger partial charge in [-0.1, -0.05) is 87.5 Å². The number of ketones is 1. The van der Waals surface area contributed by atoms with Crippen molar-refractivity contribution in [1.82, 2.24) is 39.6 Å². The molecule has 3 aromatic heterocycles. The first kappa shape index (κ1) is 58.1. The Hall–Kier alpha value is -8.06. The molecule has 0 unspecified atom stereocenters. The highest BCUT2D eigenvalue weighted by molar-refractivity contribution is 6.35. The summed E-state index contributed by atoms with van der Waals surface area (Å²) in [7, 11) is 1.87. The molecular weight excluding hydrogens is 1090 g/mol. The molecule has 83 heavy (non-hydrogen) atoms. The predicted octanol–water partition coefficient (Wildman–Crippen LogP) is 9.48. The number of likely N-dealkylation sites (tertiary alicyclic amines) is 2. The van der Waals surface area contributed by atoms with Gasteiger partial charge < -0.3 is 38.9 Å². The van der Waals surface area contributed by atoms with E-state index in [9.17, 15) is 34.2 Å². The van der Waals surface area contributed by atoms with Gasteiger partial charge in [-0.25, -0.2) is 13.2 Å². The van der Waals surface area contributed by atoms with Crippen molar-refractivity contribution >= 4 is 56.7 Å². The maximum atomic E-state index is 17.3. The average molecular weight is 1160 g/mol. The van der Waals surface area contributed by atoms with Gasteiger partial charge in [0.1, 0.15) is 41.9 Å². The van der Waals surface area contributed by atoms with Gasteiger partial charge in [-0.2, -0.15) is 20.3 Å². The van der Waals surface area contributed by atoms with Crippen molar-refractivity contribution in [2.45, 2.75) is 88.6 Å². The van der Waals surface area contributed by atoms with Crippen LogP contribution in [0.4, 0.5) is 19.0 Å². The lowest BCUT2D eigenvalue weighted by Crippen LogP contribution is -2.55. The minimum atomic E-state index is -1.75. The van der Waals surface area contributed by atoms with Crippen LogP contribution in [0.1, 0.15) is 76.0 Å². The van der Waals surface area contributed by atoms with Crippen molar-refractivity contribution in [2.75, 3.05) is 63.9 Å². The fourth-order valence-corrected chi connectivity index (χ4v) is 12.0. The number of aromatic nitrogens is 5. The number of phenolic OH excluding ortho intramolecular Hbond substituents is 1. The number of ether oxygens (including phenoxy) is 2. The summed E-state index contributed by atoms with van der Waals surface area (Å²) in [5.41, 5.74) is 1.34. The van der Waals surface area contributed by atoms with E-state index in [4.69, 9.17) is 30.6 Å². The number of piperazine rings is 1. The number of aliphatic hydroxyl groups excluding tert-OH is 1. The number of anilines is 1. The van der Waals surface area contributed by atoms with Crippen molar-refractivity contribution in [3.63, 3.8) is 0 Å². The number of rotatable bonds is 19. The molecule has 10 rings (SSSR count). The Bertz CT molecular complexity index is 3620. The second-order valence-electron chi connectivity index (χ2n) is 22.2. The van der Waals surface area contributed by atoms with Crippen LogP contribution in [0.3, 0.4) is 0 Å². The smallest absolute Gasteiger partial charge is 0.319 e. The molecule has 2 N–H and O–H groups in total. The number of nitriles is 1. The minimum Gasteiger partial charge on any atom is -0.508 e. The average Bonchev–Trinajstić information content (AvgIpc) is 3.68. The van der Waals surface area contributed by atoms with Crippen LogP contribution in [0.15, 0.2) is 102 Å². The SMILES string of the molecule is C=C(F)C(=O)N1CCN(c2nc(OCCN3CCC(F)(COc4cc([C@@H](C(=O)N5C[C@H](O)C[C@H]5C(=O)C[C@@H](C)c5ccc(-c6ccnn6C)cc5)C(C)C)on4)CC3)nc3c(F)c(-c4cc(O)cc5ccccc45)c(Cl)cc23)C[C@@H]1CC#N. The van der Waals surface area contributed by atoms with Crippen molar-refractivity contribution in [3.05, 3.63) is 120 Å². The maximum Gasteiger partial charge on any atom is 0.319 e. The third-order valence-electron chi connectivity index (χ3n) is 16.2. The first-order valence-corrected chi connectivity index (χ1v) is 28.1. The summed E-state index contributed by atoms with van der Waals surface area (Å²) < 4.78 is 67.3. The molecular formula is C61H64ClF3N10O8. The van der Waals surface area contributed by atoms with Crippen molar-refractivity contribution < 1.29 is 51.8 Å². The highest BCUT2D eigenvalue weighted by Crippen LogP contribution is 2.43. The number of benzene rings is 4. The van der Waals surface area contributed by atoms with Crippen LogP contribution in [0.25, 0.3) is 44.1 Å². The normalized spacial score (nSPS) is 19.0. The van der Waals surface area contributed by atoms with Gasteiger partial charge in [0.25, 0.3) is 11.8 Å². The maximum absolute atomic E-state index is 17.3. The molecule has 434 valence electrons. The van der Waals surface area contributed by atoms with Crippen LogP contribution in [-0.2, 0) is 21.4 Å². The van der Waals surface area contributed by atoms with E-state index in [0.717, 1.165) is 16.8 Å². The number of nitrogens with zero attached hydrogens (tertiary/aromatic N) is 10. The second-order valence-corrected chi connectivity index (χ2v) is 22.6. The number of carbonyl (C=O) groups excluding carboxylic acids is 3. The van der Waals surface area contributed by atoms with Crippen LogP contribution in [0, 0.1) is 23.1 Å². The number of Topliss-reactive ketones (excluding diaryl/α,β-unsaturated/α-hetero) is 1. The number of aliphatic hydroxyl groups is 1. The summed E-state index contributed by atoms with van der Waals surface area (Å²) in [5.74, 6) is -4.48. The monoisotopic (exact) mass is 1160 g/mol. The highest BCUT2D eigenvalue weighted by Gasteiger charge is 2.44. The second kappa shape index (κ2) is 24.4. The van der Waals surface area contributed by atoms with Gasteiger partial charge in [0.15, 0.2) is 23.2 Å². The van der Waals surface area contributed by atoms with Crippen LogP contribution in [0.5, 0.6) is 17.6 Å². The molecule has 0 spiro atoms. The molecule has 4 aromatic carbocycles. The Labute approximate surface area is 482 Å². The molecule has 0 radical (unpaired) electrons. The van der Waals surface area contributed by atoms with E-state index in [1.165, 1.54) is 28.0 Å². The Balaban J connectivity index is 0.778. The Morgan fingerprint density at radius 1 is 0.964 bits per heavy atom. The number of fused-ring (bicyclic) bond motifs is 2. The molecule has 3 aliphatic rings. The lowest BCUT2D eigenvalue weighted by molar-refractivity contribution is -0.140. The summed E-state index contributed by atoms with van der Waals surface area (Å²) in [4.78, 5) is 56.7. The largest absolute Gasteiger partial charge is 0.508 e. The summed E-state index contributed by atoms with van der Waals surface area (Å²) in [6, 6.07) is 23.3. The summed E-state index contributed by atoms with van der Waals surface area (Å²) >= 11 is 6.92. The van der Waals surface area contributed by atoms with E-state index in [0.29, 0.717) is 36.0 Å². The molecule has 6 heterocycles. The summed E-state index contributed by atoms with van der Waals surface area (Å²) in [6.45, 7) is 9.56.